The molecule has 21 heavy (non-hydrogen) atoms. The fourth-order valence-electron chi connectivity index (χ4n) is 1.98. The number of nitrogens with two attached hydrogens (primary N) is 1. The number of carbonyl (C=O) groups is 1. The molecule has 7 heteroatoms. The zero-order valence-electron chi connectivity index (χ0n) is 12.6. The van der Waals surface area contributed by atoms with Crippen molar-refractivity contribution < 1.29 is 9.53 Å². The molecule has 0 atom stereocenters. The third-order valence-electron chi connectivity index (χ3n) is 3.23. The molecule has 0 saturated heterocycles. The van der Waals surface area contributed by atoms with Gasteiger partial charge in [-0.25, -0.2) is 9.97 Å². The van der Waals surface area contributed by atoms with Gasteiger partial charge in [-0.2, -0.15) is 0 Å². The van der Waals surface area contributed by atoms with Gasteiger partial charge in [0.2, 0.25) is 5.91 Å². The van der Waals surface area contributed by atoms with E-state index in [1.54, 1.807) is 0 Å². The minimum absolute atomic E-state index is 0.0552. The maximum absolute atomic E-state index is 10.6. The average Bonchev–Trinajstić information content (AvgIpc) is 3.26. The second-order valence-corrected chi connectivity index (χ2v) is 5.15. The zero-order valence-corrected chi connectivity index (χ0v) is 12.6. The predicted octanol–water partition coefficient (Wildman–Crippen LogP) is 1.01. The number of aromatic nitrogens is 2. The zero-order chi connectivity index (χ0) is 15.2. The number of hydrogen-bond donors (Lipinski definition) is 3. The van der Waals surface area contributed by atoms with E-state index in [4.69, 9.17) is 10.5 Å². The molecule has 1 saturated carbocycles. The Morgan fingerprint density at radius 2 is 2.00 bits per heavy atom. The summed E-state index contributed by atoms with van der Waals surface area (Å²) in [6.45, 7) is 5.77. The van der Waals surface area contributed by atoms with E-state index in [2.05, 4.69) is 20.6 Å². The third-order valence-corrected chi connectivity index (χ3v) is 3.23. The van der Waals surface area contributed by atoms with Gasteiger partial charge < -0.3 is 21.1 Å². The van der Waals surface area contributed by atoms with Gasteiger partial charge in [0.25, 0.3) is 0 Å². The number of nitrogens with zero attached hydrogens (tertiary/aromatic N) is 2. The van der Waals surface area contributed by atoms with E-state index in [9.17, 15) is 4.79 Å². The van der Waals surface area contributed by atoms with Crippen molar-refractivity contribution >= 4 is 17.5 Å². The summed E-state index contributed by atoms with van der Waals surface area (Å²) in [4.78, 5) is 19.8. The van der Waals surface area contributed by atoms with Crippen LogP contribution in [0.3, 0.4) is 0 Å². The van der Waals surface area contributed by atoms with Gasteiger partial charge >= 0.3 is 0 Å². The first-order chi connectivity index (χ1) is 10.1. The summed E-state index contributed by atoms with van der Waals surface area (Å²) in [6.07, 6.45) is 2.32. The van der Waals surface area contributed by atoms with Crippen molar-refractivity contribution in [3.63, 3.8) is 0 Å². The fourth-order valence-corrected chi connectivity index (χ4v) is 1.98. The molecule has 1 heterocycles. The second kappa shape index (κ2) is 7.21. The van der Waals surface area contributed by atoms with Crippen LogP contribution in [0, 0.1) is 6.92 Å². The summed E-state index contributed by atoms with van der Waals surface area (Å²) in [7, 11) is 0. The summed E-state index contributed by atoms with van der Waals surface area (Å²) >= 11 is 0. The van der Waals surface area contributed by atoms with Crippen LogP contribution in [-0.4, -0.2) is 42.2 Å². The number of carbonyl (C=O) groups excluding carboxylic acids is 1. The lowest BCUT2D eigenvalue weighted by atomic mass is 10.2. The van der Waals surface area contributed by atoms with Crippen LogP contribution in [0.15, 0.2) is 0 Å². The van der Waals surface area contributed by atoms with Gasteiger partial charge in [0, 0.05) is 24.6 Å². The van der Waals surface area contributed by atoms with Crippen molar-refractivity contribution in [2.45, 2.75) is 32.6 Å². The van der Waals surface area contributed by atoms with Crippen LogP contribution in [0.2, 0.25) is 0 Å². The molecule has 0 aromatic carbocycles. The highest BCUT2D eigenvalue weighted by atomic mass is 16.5. The minimum Gasteiger partial charge on any atom is -0.370 e. The van der Waals surface area contributed by atoms with Gasteiger partial charge in [0.15, 0.2) is 0 Å². The Bertz CT molecular complexity index is 502. The Hall–Kier alpha value is -1.89. The smallest absolute Gasteiger partial charge is 0.243 e. The first kappa shape index (κ1) is 15.5. The van der Waals surface area contributed by atoms with Gasteiger partial charge in [-0.15, -0.1) is 0 Å². The van der Waals surface area contributed by atoms with E-state index in [0.717, 1.165) is 42.4 Å². The molecule has 2 rings (SSSR count). The molecule has 116 valence electrons. The highest BCUT2D eigenvalue weighted by Crippen LogP contribution is 2.39. The number of amides is 1. The third kappa shape index (κ3) is 4.56. The maximum Gasteiger partial charge on any atom is 0.243 e. The molecule has 0 bridgehead atoms. The predicted molar refractivity (Wildman–Crippen MR) is 81.4 cm³/mol. The van der Waals surface area contributed by atoms with Crippen molar-refractivity contribution in [3.8, 4) is 0 Å². The average molecular weight is 293 g/mol. The summed E-state index contributed by atoms with van der Waals surface area (Å²) in [6, 6.07) is 0. The highest BCUT2D eigenvalue weighted by molar-refractivity contribution is 5.74. The molecule has 1 amide bonds. The monoisotopic (exact) mass is 293 g/mol. The highest BCUT2D eigenvalue weighted by Gasteiger charge is 2.28. The number of ether oxygens (including phenoxy) is 1. The molecule has 1 aliphatic carbocycles. The molecule has 1 aromatic heterocycles. The topological polar surface area (TPSA) is 102 Å². The number of hydrogen-bond acceptors (Lipinski definition) is 6. The SMILES string of the molecule is CCNc1nc(C2CC2)nc(NCCOCC(N)=O)c1C. The Kier molecular flexibility index (Phi) is 5.32. The minimum atomic E-state index is -0.460. The first-order valence-electron chi connectivity index (χ1n) is 7.34. The van der Waals surface area contributed by atoms with Gasteiger partial charge in [0.1, 0.15) is 24.1 Å². The molecule has 4 N–H and O–H groups in total. The van der Waals surface area contributed by atoms with Crippen LogP contribution in [0.25, 0.3) is 0 Å². The molecule has 0 radical (unpaired) electrons. The van der Waals surface area contributed by atoms with Gasteiger partial charge in [-0.05, 0) is 26.7 Å². The molecule has 0 unspecified atom stereocenters. The summed E-state index contributed by atoms with van der Waals surface area (Å²) in [5, 5.41) is 6.51. The van der Waals surface area contributed by atoms with E-state index < -0.39 is 5.91 Å². The lowest BCUT2D eigenvalue weighted by molar-refractivity contribution is -0.122. The Labute approximate surface area is 124 Å². The summed E-state index contributed by atoms with van der Waals surface area (Å²) in [5.74, 6) is 2.64. The van der Waals surface area contributed by atoms with Crippen LogP contribution < -0.4 is 16.4 Å². The van der Waals surface area contributed by atoms with Crippen LogP contribution in [0.4, 0.5) is 11.6 Å². The largest absolute Gasteiger partial charge is 0.370 e. The molecular formula is C14H23N5O2. The van der Waals surface area contributed by atoms with E-state index >= 15 is 0 Å². The number of nitrogens with one attached hydrogen (secondary N) is 2. The van der Waals surface area contributed by atoms with Crippen molar-refractivity contribution in [3.05, 3.63) is 11.4 Å². The number of rotatable bonds is 9. The molecule has 0 spiro atoms. The van der Waals surface area contributed by atoms with Crippen molar-refractivity contribution in [1.29, 1.82) is 0 Å². The van der Waals surface area contributed by atoms with Gasteiger partial charge in [-0.3, -0.25) is 4.79 Å². The van der Waals surface area contributed by atoms with E-state index in [1.165, 1.54) is 0 Å². The molecule has 1 fully saturated rings. The van der Waals surface area contributed by atoms with E-state index in [0.29, 0.717) is 19.1 Å². The second-order valence-electron chi connectivity index (χ2n) is 5.15. The Balaban J connectivity index is 1.98. The van der Waals surface area contributed by atoms with Crippen LogP contribution >= 0.6 is 0 Å². The molecule has 1 aliphatic rings. The van der Waals surface area contributed by atoms with E-state index in [1.807, 2.05) is 13.8 Å². The van der Waals surface area contributed by atoms with Crippen molar-refractivity contribution in [1.82, 2.24) is 9.97 Å². The Morgan fingerprint density at radius 1 is 1.33 bits per heavy atom. The Morgan fingerprint density at radius 3 is 2.57 bits per heavy atom. The van der Waals surface area contributed by atoms with Crippen LogP contribution in [-0.2, 0) is 9.53 Å². The van der Waals surface area contributed by atoms with Crippen LogP contribution in [0.1, 0.15) is 37.1 Å². The number of anilines is 2. The lowest BCUT2D eigenvalue weighted by Gasteiger charge is -2.14. The van der Waals surface area contributed by atoms with E-state index in [-0.39, 0.29) is 6.61 Å². The molecule has 0 aliphatic heterocycles. The molecule has 1 aromatic rings. The number of primary amides is 1. The van der Waals surface area contributed by atoms with Gasteiger partial charge in [-0.1, -0.05) is 0 Å². The van der Waals surface area contributed by atoms with Gasteiger partial charge in [0.05, 0.1) is 6.61 Å². The fraction of sp³-hybridized carbons (Fsp3) is 0.643. The quantitative estimate of drug-likeness (QED) is 0.587. The summed E-state index contributed by atoms with van der Waals surface area (Å²) < 4.78 is 5.13. The maximum atomic E-state index is 10.6. The summed E-state index contributed by atoms with van der Waals surface area (Å²) in [5.41, 5.74) is 6.01. The normalized spacial score (nSPS) is 14.0. The first-order valence-corrected chi connectivity index (χ1v) is 7.34. The van der Waals surface area contributed by atoms with Crippen molar-refractivity contribution in [2.24, 2.45) is 5.73 Å². The lowest BCUT2D eigenvalue weighted by Crippen LogP contribution is -2.21. The molecule has 7 nitrogen and oxygen atoms in total. The standard InChI is InChI=1S/C14H23N5O2/c1-3-16-12-9(2)13(17-6-7-21-8-11(15)20)19-14(18-12)10-4-5-10/h10H,3-8H2,1-2H3,(H2,15,20)(H2,16,17,18,19). The van der Waals surface area contributed by atoms with Crippen molar-refractivity contribution in [2.75, 3.05) is 36.9 Å². The molecular weight excluding hydrogens is 270 g/mol. The van der Waals surface area contributed by atoms with Crippen LogP contribution in [0.5, 0.6) is 0 Å².